The lowest BCUT2D eigenvalue weighted by atomic mass is 10.1. The average molecular weight is 212 g/mol. The van der Waals surface area contributed by atoms with Gasteiger partial charge in [-0.05, 0) is 26.2 Å². The van der Waals surface area contributed by atoms with Crippen LogP contribution in [-0.4, -0.2) is 12.6 Å². The molecule has 0 spiro atoms. The topological polar surface area (TPSA) is 26.3 Å². The van der Waals surface area contributed by atoms with E-state index in [4.69, 9.17) is 4.74 Å². The molecule has 0 atom stereocenters. The Balaban J connectivity index is 3.32. The van der Waals surface area contributed by atoms with Crippen molar-refractivity contribution in [2.24, 2.45) is 5.92 Å². The zero-order valence-corrected chi connectivity index (χ0v) is 10.5. The molecule has 2 nitrogen and oxygen atoms in total. The van der Waals surface area contributed by atoms with Gasteiger partial charge < -0.3 is 4.74 Å². The van der Waals surface area contributed by atoms with Gasteiger partial charge in [0.2, 0.25) is 0 Å². The van der Waals surface area contributed by atoms with Crippen LogP contribution in [0.3, 0.4) is 0 Å². The number of esters is 1. The summed E-state index contributed by atoms with van der Waals surface area (Å²) in [4.78, 5) is 11.1. The molecule has 0 N–H and O–H groups in total. The van der Waals surface area contributed by atoms with Gasteiger partial charge in [0.25, 0.3) is 0 Å². The number of carbonyl (C=O) groups excluding carboxylic acids is 1. The van der Waals surface area contributed by atoms with E-state index in [9.17, 15) is 4.79 Å². The van der Waals surface area contributed by atoms with Gasteiger partial charge in [0.1, 0.15) is 0 Å². The Labute approximate surface area is 93.7 Å². The predicted octanol–water partition coefficient (Wildman–Crippen LogP) is 3.71. The summed E-state index contributed by atoms with van der Waals surface area (Å²) >= 11 is 0. The zero-order valence-electron chi connectivity index (χ0n) is 10.5. The standard InChI is InChI=1S/C13H24O2/c1-11(2)8-6-5-7-9-15-13(14)10-12(3)4/h10-11H,5-9H2,1-4H3. The van der Waals surface area contributed by atoms with Crippen LogP contribution in [0.15, 0.2) is 11.6 Å². The number of allylic oxidation sites excluding steroid dienone is 1. The Kier molecular flexibility index (Phi) is 8.06. The van der Waals surface area contributed by atoms with Crippen LogP contribution in [0, 0.1) is 5.92 Å². The van der Waals surface area contributed by atoms with Gasteiger partial charge >= 0.3 is 5.97 Å². The van der Waals surface area contributed by atoms with Crippen molar-refractivity contribution in [1.29, 1.82) is 0 Å². The average Bonchev–Trinajstić information content (AvgIpc) is 2.09. The number of ether oxygens (including phenoxy) is 1. The van der Waals surface area contributed by atoms with E-state index in [2.05, 4.69) is 13.8 Å². The Morgan fingerprint density at radius 2 is 1.87 bits per heavy atom. The first-order valence-corrected chi connectivity index (χ1v) is 5.84. The van der Waals surface area contributed by atoms with Crippen molar-refractivity contribution in [1.82, 2.24) is 0 Å². The molecule has 0 radical (unpaired) electrons. The summed E-state index contributed by atoms with van der Waals surface area (Å²) in [5, 5.41) is 0. The number of unbranched alkanes of at least 4 members (excludes halogenated alkanes) is 2. The Hall–Kier alpha value is -0.790. The molecule has 0 aromatic carbocycles. The van der Waals surface area contributed by atoms with Gasteiger partial charge in [-0.25, -0.2) is 4.79 Å². The quantitative estimate of drug-likeness (QED) is 0.365. The maximum absolute atomic E-state index is 11.1. The number of hydrogen-bond donors (Lipinski definition) is 0. The fourth-order valence-electron chi connectivity index (χ4n) is 1.28. The summed E-state index contributed by atoms with van der Waals surface area (Å²) < 4.78 is 5.04. The van der Waals surface area contributed by atoms with Crippen molar-refractivity contribution >= 4 is 5.97 Å². The molecule has 0 heterocycles. The van der Waals surface area contributed by atoms with Crippen LogP contribution in [-0.2, 0) is 9.53 Å². The molecule has 0 aliphatic heterocycles. The van der Waals surface area contributed by atoms with E-state index in [-0.39, 0.29) is 5.97 Å². The molecule has 0 saturated heterocycles. The summed E-state index contributed by atoms with van der Waals surface area (Å²) in [6.07, 6.45) is 6.17. The minimum absolute atomic E-state index is 0.209. The highest BCUT2D eigenvalue weighted by Gasteiger charge is 1.98. The smallest absolute Gasteiger partial charge is 0.330 e. The monoisotopic (exact) mass is 212 g/mol. The van der Waals surface area contributed by atoms with Crippen LogP contribution in [0.4, 0.5) is 0 Å². The summed E-state index contributed by atoms with van der Waals surface area (Å²) in [5.74, 6) is 0.567. The molecule has 15 heavy (non-hydrogen) atoms. The number of carbonyl (C=O) groups is 1. The van der Waals surface area contributed by atoms with E-state index in [1.54, 1.807) is 0 Å². The predicted molar refractivity (Wildman–Crippen MR) is 63.7 cm³/mol. The summed E-state index contributed by atoms with van der Waals surface area (Å²) in [5.41, 5.74) is 0.986. The lowest BCUT2D eigenvalue weighted by Crippen LogP contribution is -2.03. The SMILES string of the molecule is CC(C)=CC(=O)OCCCCCC(C)C. The van der Waals surface area contributed by atoms with E-state index in [0.717, 1.165) is 24.3 Å². The lowest BCUT2D eigenvalue weighted by Gasteiger charge is -2.04. The first-order valence-electron chi connectivity index (χ1n) is 5.84. The molecule has 0 aliphatic carbocycles. The Morgan fingerprint density at radius 3 is 2.40 bits per heavy atom. The molecule has 0 unspecified atom stereocenters. The molecule has 0 fully saturated rings. The minimum atomic E-state index is -0.209. The van der Waals surface area contributed by atoms with Gasteiger partial charge in [0.15, 0.2) is 0 Å². The highest BCUT2D eigenvalue weighted by molar-refractivity contribution is 5.82. The number of rotatable bonds is 7. The van der Waals surface area contributed by atoms with Crippen LogP contribution < -0.4 is 0 Å². The van der Waals surface area contributed by atoms with Crippen molar-refractivity contribution in [3.63, 3.8) is 0 Å². The van der Waals surface area contributed by atoms with Gasteiger partial charge in [-0.15, -0.1) is 0 Å². The molecular formula is C13H24O2. The van der Waals surface area contributed by atoms with Crippen LogP contribution >= 0.6 is 0 Å². The normalized spacial score (nSPS) is 10.2. The highest BCUT2D eigenvalue weighted by Crippen LogP contribution is 2.07. The van der Waals surface area contributed by atoms with Crippen LogP contribution in [0.1, 0.15) is 53.4 Å². The molecule has 0 saturated carbocycles. The maximum atomic E-state index is 11.1. The van der Waals surface area contributed by atoms with Crippen molar-refractivity contribution < 1.29 is 9.53 Å². The van der Waals surface area contributed by atoms with E-state index in [0.29, 0.717) is 6.61 Å². The maximum Gasteiger partial charge on any atom is 0.330 e. The van der Waals surface area contributed by atoms with Crippen molar-refractivity contribution in [2.45, 2.75) is 53.4 Å². The van der Waals surface area contributed by atoms with Gasteiger partial charge in [0.05, 0.1) is 6.61 Å². The Bertz CT molecular complexity index is 201. The summed E-state index contributed by atoms with van der Waals surface area (Å²) in [7, 11) is 0. The van der Waals surface area contributed by atoms with Crippen molar-refractivity contribution in [2.75, 3.05) is 6.61 Å². The molecule has 88 valence electrons. The van der Waals surface area contributed by atoms with Crippen LogP contribution in [0.5, 0.6) is 0 Å². The van der Waals surface area contributed by atoms with Crippen molar-refractivity contribution in [3.05, 3.63) is 11.6 Å². The van der Waals surface area contributed by atoms with Gasteiger partial charge in [-0.1, -0.05) is 38.7 Å². The largest absolute Gasteiger partial charge is 0.463 e. The summed E-state index contributed by atoms with van der Waals surface area (Å²) in [6, 6.07) is 0. The Morgan fingerprint density at radius 1 is 1.20 bits per heavy atom. The van der Waals surface area contributed by atoms with Gasteiger partial charge in [-0.2, -0.15) is 0 Å². The fourth-order valence-corrected chi connectivity index (χ4v) is 1.28. The molecule has 0 amide bonds. The molecular weight excluding hydrogens is 188 g/mol. The van der Waals surface area contributed by atoms with E-state index in [1.165, 1.54) is 18.9 Å². The molecule has 0 aromatic rings. The highest BCUT2D eigenvalue weighted by atomic mass is 16.5. The molecule has 0 aromatic heterocycles. The fraction of sp³-hybridized carbons (Fsp3) is 0.769. The molecule has 0 bridgehead atoms. The minimum Gasteiger partial charge on any atom is -0.463 e. The van der Waals surface area contributed by atoms with E-state index in [1.807, 2.05) is 13.8 Å². The third-order valence-electron chi connectivity index (χ3n) is 2.08. The zero-order chi connectivity index (χ0) is 11.7. The molecule has 0 rings (SSSR count). The molecule has 0 aliphatic rings. The van der Waals surface area contributed by atoms with E-state index < -0.39 is 0 Å². The second-order valence-corrected chi connectivity index (χ2v) is 4.63. The third kappa shape index (κ3) is 11.1. The first-order chi connectivity index (χ1) is 7.02. The summed E-state index contributed by atoms with van der Waals surface area (Å²) in [6.45, 7) is 8.80. The van der Waals surface area contributed by atoms with E-state index >= 15 is 0 Å². The lowest BCUT2D eigenvalue weighted by molar-refractivity contribution is -0.137. The van der Waals surface area contributed by atoms with Gasteiger partial charge in [0, 0.05) is 6.08 Å². The van der Waals surface area contributed by atoms with Crippen molar-refractivity contribution in [3.8, 4) is 0 Å². The number of hydrogen-bond acceptors (Lipinski definition) is 2. The molecule has 2 heteroatoms. The second-order valence-electron chi connectivity index (χ2n) is 4.63. The van der Waals surface area contributed by atoms with Crippen LogP contribution in [0.2, 0.25) is 0 Å². The third-order valence-corrected chi connectivity index (χ3v) is 2.08. The van der Waals surface area contributed by atoms with Crippen LogP contribution in [0.25, 0.3) is 0 Å². The first kappa shape index (κ1) is 14.2. The second kappa shape index (κ2) is 8.51. The van der Waals surface area contributed by atoms with Gasteiger partial charge in [-0.3, -0.25) is 0 Å².